The lowest BCUT2D eigenvalue weighted by Gasteiger charge is -2.37. The number of aliphatic hydroxyl groups excluding tert-OH is 1. The van der Waals surface area contributed by atoms with Crippen LogP contribution in [0.1, 0.15) is 31.5 Å². The van der Waals surface area contributed by atoms with Crippen LogP contribution in [0.3, 0.4) is 0 Å². The molecular formula is C24H30N4O5S. The van der Waals surface area contributed by atoms with Gasteiger partial charge in [0.1, 0.15) is 12.1 Å². The Morgan fingerprint density at radius 2 is 2.00 bits per heavy atom. The van der Waals surface area contributed by atoms with Crippen molar-refractivity contribution < 1.29 is 24.2 Å². The standard InChI is InChI=1S/C24H30N4O5S/c1-14-20(34-13-26-14)17-6-4-16(5-7-17)9-25-21(30)19-8-18(29)10-28(19)22(31)15(2)27-23(32)24(3)11-33-12-24/h4-7,13,15,18-19,29H,8-12H2,1-3H3,(H,25,30)(H,27,32)/t15-,18+,19-/m0/s1. The van der Waals surface area contributed by atoms with Gasteiger partial charge in [-0.25, -0.2) is 4.98 Å². The van der Waals surface area contributed by atoms with Crippen LogP contribution in [-0.2, 0) is 25.7 Å². The molecule has 0 bridgehead atoms. The van der Waals surface area contributed by atoms with Crippen molar-refractivity contribution in [3.05, 3.63) is 41.0 Å². The highest BCUT2D eigenvalue weighted by molar-refractivity contribution is 7.13. The Morgan fingerprint density at radius 3 is 2.59 bits per heavy atom. The van der Waals surface area contributed by atoms with Crippen LogP contribution < -0.4 is 10.6 Å². The zero-order valence-electron chi connectivity index (χ0n) is 19.5. The van der Waals surface area contributed by atoms with Gasteiger partial charge in [0.25, 0.3) is 0 Å². The Kier molecular flexibility index (Phi) is 7.01. The van der Waals surface area contributed by atoms with E-state index in [1.54, 1.807) is 25.2 Å². The predicted octanol–water partition coefficient (Wildman–Crippen LogP) is 1.24. The first-order valence-electron chi connectivity index (χ1n) is 11.3. The van der Waals surface area contributed by atoms with Crippen LogP contribution in [0.5, 0.6) is 0 Å². The average molecular weight is 487 g/mol. The number of nitrogens with one attached hydrogen (secondary N) is 2. The summed E-state index contributed by atoms with van der Waals surface area (Å²) < 4.78 is 5.11. The van der Waals surface area contributed by atoms with Crippen LogP contribution in [0.4, 0.5) is 0 Å². The number of likely N-dealkylation sites (tertiary alicyclic amines) is 1. The molecule has 3 N–H and O–H groups in total. The van der Waals surface area contributed by atoms with Gasteiger partial charge in [-0.2, -0.15) is 0 Å². The predicted molar refractivity (Wildman–Crippen MR) is 127 cm³/mol. The van der Waals surface area contributed by atoms with Gasteiger partial charge in [0.05, 0.1) is 40.8 Å². The second kappa shape index (κ2) is 9.81. The number of carbonyl (C=O) groups excluding carboxylic acids is 3. The molecule has 0 spiro atoms. The Labute approximate surface area is 202 Å². The van der Waals surface area contributed by atoms with E-state index < -0.39 is 29.5 Å². The molecular weight excluding hydrogens is 456 g/mol. The normalized spacial score (nSPS) is 22.1. The van der Waals surface area contributed by atoms with Gasteiger partial charge >= 0.3 is 0 Å². The van der Waals surface area contributed by atoms with Crippen molar-refractivity contribution >= 4 is 29.1 Å². The van der Waals surface area contributed by atoms with Gasteiger partial charge in [0.2, 0.25) is 17.7 Å². The van der Waals surface area contributed by atoms with E-state index in [-0.39, 0.29) is 24.8 Å². The number of β-amino-alcohol motifs (C(OH)–C–C–N with tert-alkyl or cyclic N) is 1. The van der Waals surface area contributed by atoms with Crippen molar-refractivity contribution in [3.63, 3.8) is 0 Å². The Bertz CT molecular complexity index is 1070. The number of rotatable bonds is 7. The number of thiazole rings is 1. The summed E-state index contributed by atoms with van der Waals surface area (Å²) in [7, 11) is 0. The molecule has 2 aliphatic heterocycles. The van der Waals surface area contributed by atoms with Gasteiger partial charge < -0.3 is 25.4 Å². The third-order valence-corrected chi connectivity index (χ3v) is 7.38. The lowest BCUT2D eigenvalue weighted by Crippen LogP contribution is -2.58. The molecule has 4 rings (SSSR count). The first-order valence-corrected chi connectivity index (χ1v) is 12.2. The lowest BCUT2D eigenvalue weighted by molar-refractivity contribution is -0.160. The number of aryl methyl sites for hydroxylation is 1. The number of aromatic nitrogens is 1. The van der Waals surface area contributed by atoms with Crippen molar-refractivity contribution in [2.24, 2.45) is 5.41 Å². The molecule has 9 nitrogen and oxygen atoms in total. The molecule has 2 saturated heterocycles. The minimum absolute atomic E-state index is 0.0560. The minimum atomic E-state index is -0.812. The van der Waals surface area contributed by atoms with E-state index in [1.165, 1.54) is 4.90 Å². The molecule has 3 atom stereocenters. The van der Waals surface area contributed by atoms with Crippen molar-refractivity contribution in [1.82, 2.24) is 20.5 Å². The van der Waals surface area contributed by atoms with E-state index in [0.717, 1.165) is 21.7 Å². The quantitative estimate of drug-likeness (QED) is 0.542. The highest BCUT2D eigenvalue weighted by Crippen LogP contribution is 2.28. The molecule has 0 aliphatic carbocycles. The van der Waals surface area contributed by atoms with Gasteiger partial charge in [-0.3, -0.25) is 14.4 Å². The minimum Gasteiger partial charge on any atom is -0.391 e. The Morgan fingerprint density at radius 1 is 1.29 bits per heavy atom. The molecule has 1 aromatic carbocycles. The average Bonchev–Trinajstić information content (AvgIpc) is 3.40. The number of hydrogen-bond acceptors (Lipinski definition) is 7. The van der Waals surface area contributed by atoms with Crippen molar-refractivity contribution in [1.29, 1.82) is 0 Å². The first kappa shape index (κ1) is 24.3. The fourth-order valence-electron chi connectivity index (χ4n) is 4.19. The SMILES string of the molecule is Cc1ncsc1-c1ccc(CNC(=O)[C@@H]2C[C@@H](O)CN2C(=O)[C@H](C)NC(=O)C2(C)COC2)cc1. The Balaban J connectivity index is 1.34. The summed E-state index contributed by atoms with van der Waals surface area (Å²) in [4.78, 5) is 45.1. The van der Waals surface area contributed by atoms with Gasteiger partial charge in [0, 0.05) is 19.5 Å². The van der Waals surface area contributed by atoms with Crippen molar-refractivity contribution in [2.45, 2.75) is 51.9 Å². The van der Waals surface area contributed by atoms with E-state index >= 15 is 0 Å². The molecule has 2 aliphatic rings. The Hall–Kier alpha value is -2.82. The molecule has 182 valence electrons. The molecule has 0 saturated carbocycles. The van der Waals surface area contributed by atoms with E-state index in [9.17, 15) is 19.5 Å². The molecule has 34 heavy (non-hydrogen) atoms. The monoisotopic (exact) mass is 486 g/mol. The summed E-state index contributed by atoms with van der Waals surface area (Å²) in [6, 6.07) is 6.29. The van der Waals surface area contributed by atoms with E-state index in [2.05, 4.69) is 15.6 Å². The molecule has 3 heterocycles. The molecule has 0 unspecified atom stereocenters. The van der Waals surface area contributed by atoms with Gasteiger partial charge in [-0.15, -0.1) is 11.3 Å². The third kappa shape index (κ3) is 4.98. The van der Waals surface area contributed by atoms with Crippen LogP contribution in [0.25, 0.3) is 10.4 Å². The van der Waals surface area contributed by atoms with Crippen molar-refractivity contribution in [3.8, 4) is 10.4 Å². The zero-order valence-corrected chi connectivity index (χ0v) is 20.4. The van der Waals surface area contributed by atoms with Crippen LogP contribution in [0, 0.1) is 12.3 Å². The summed E-state index contributed by atoms with van der Waals surface area (Å²) >= 11 is 1.58. The summed E-state index contributed by atoms with van der Waals surface area (Å²) in [5, 5.41) is 15.8. The smallest absolute Gasteiger partial charge is 0.245 e. The summed E-state index contributed by atoms with van der Waals surface area (Å²) in [6.45, 7) is 6.34. The first-order chi connectivity index (χ1) is 16.2. The number of amides is 3. The third-order valence-electron chi connectivity index (χ3n) is 6.40. The van der Waals surface area contributed by atoms with Crippen LogP contribution >= 0.6 is 11.3 Å². The van der Waals surface area contributed by atoms with Gasteiger partial charge in [-0.1, -0.05) is 24.3 Å². The number of hydrogen-bond donors (Lipinski definition) is 3. The topological polar surface area (TPSA) is 121 Å². The number of carbonyl (C=O) groups is 3. The maximum absolute atomic E-state index is 13.0. The molecule has 10 heteroatoms. The highest BCUT2D eigenvalue weighted by Gasteiger charge is 2.44. The van der Waals surface area contributed by atoms with Crippen LogP contribution in [0.15, 0.2) is 29.8 Å². The summed E-state index contributed by atoms with van der Waals surface area (Å²) in [6.07, 6.45) is -0.630. The summed E-state index contributed by atoms with van der Waals surface area (Å²) in [5.41, 5.74) is 4.16. The second-order valence-corrected chi connectivity index (χ2v) is 10.2. The van der Waals surface area contributed by atoms with Crippen LogP contribution in [-0.4, -0.2) is 70.7 Å². The molecule has 2 fully saturated rings. The maximum Gasteiger partial charge on any atom is 0.245 e. The highest BCUT2D eigenvalue weighted by atomic mass is 32.1. The summed E-state index contributed by atoms with van der Waals surface area (Å²) in [5.74, 6) is -0.972. The fourth-order valence-corrected chi connectivity index (χ4v) is 5.00. The van der Waals surface area contributed by atoms with E-state index in [4.69, 9.17) is 4.74 Å². The number of benzene rings is 1. The van der Waals surface area contributed by atoms with E-state index in [1.807, 2.05) is 36.7 Å². The van der Waals surface area contributed by atoms with Gasteiger partial charge in [0.15, 0.2) is 0 Å². The molecule has 3 amide bonds. The zero-order chi connectivity index (χ0) is 24.5. The number of nitrogens with zero attached hydrogens (tertiary/aromatic N) is 2. The number of aliphatic hydroxyl groups is 1. The number of ether oxygens (including phenoxy) is 1. The maximum atomic E-state index is 13.0. The lowest BCUT2D eigenvalue weighted by atomic mass is 9.87. The van der Waals surface area contributed by atoms with Gasteiger partial charge in [-0.05, 0) is 31.9 Å². The molecule has 1 aromatic heterocycles. The molecule has 0 radical (unpaired) electrons. The van der Waals surface area contributed by atoms with Crippen molar-refractivity contribution in [2.75, 3.05) is 19.8 Å². The molecule has 2 aromatic rings. The second-order valence-electron chi connectivity index (χ2n) is 9.33. The van der Waals surface area contributed by atoms with Crippen LogP contribution in [0.2, 0.25) is 0 Å². The fraction of sp³-hybridized carbons (Fsp3) is 0.500. The largest absolute Gasteiger partial charge is 0.391 e. The van der Waals surface area contributed by atoms with E-state index in [0.29, 0.717) is 19.8 Å².